The van der Waals surface area contributed by atoms with Crippen molar-refractivity contribution in [1.29, 1.82) is 0 Å². The Labute approximate surface area is 818 Å². The number of nitrogens with zero attached hydrogens (tertiary/aromatic N) is 11. The molecule has 5 aliphatic heterocycles. The topological polar surface area (TPSA) is 452 Å². The van der Waals surface area contributed by atoms with Gasteiger partial charge in [0.15, 0.2) is 86.7 Å². The number of nitrogen functional groups attached to an aromatic ring is 4. The lowest BCUT2D eigenvalue weighted by Crippen LogP contribution is -2.41. The van der Waals surface area contributed by atoms with Crippen molar-refractivity contribution in [3.05, 3.63) is 171 Å². The zero-order valence-electron chi connectivity index (χ0n) is 82.6. The lowest BCUT2D eigenvalue weighted by molar-refractivity contribution is -0.137. The van der Waals surface area contributed by atoms with Gasteiger partial charge >= 0.3 is 25.3 Å². The summed E-state index contributed by atoms with van der Waals surface area (Å²) in [5.41, 5.74) is 27.7. The summed E-state index contributed by atoms with van der Waals surface area (Å²) >= 11 is 5.62. The highest BCUT2D eigenvalue weighted by Crippen LogP contribution is 2.45. The van der Waals surface area contributed by atoms with E-state index in [1.165, 1.54) is 87.2 Å². The van der Waals surface area contributed by atoms with E-state index in [1.807, 2.05) is 107 Å². The summed E-state index contributed by atoms with van der Waals surface area (Å²) in [7, 11) is 10.8. The van der Waals surface area contributed by atoms with Crippen LogP contribution in [0.25, 0.3) is 60.3 Å². The highest BCUT2D eigenvalue weighted by atomic mass is 35.5. The fourth-order valence-electron chi connectivity index (χ4n) is 15.3. The molecule has 0 saturated carbocycles. The maximum atomic E-state index is 15.1. The number of halogens is 7. The summed E-state index contributed by atoms with van der Waals surface area (Å²) in [6.45, 7) is 28.8. The smallest absolute Gasteiger partial charge is 0.490 e. The Hall–Kier alpha value is -13.5. The minimum atomic E-state index is -0.870. The number of carbonyl (C=O) groups is 4. The maximum absolute atomic E-state index is 15.1. The van der Waals surface area contributed by atoms with Gasteiger partial charge in [-0.1, -0.05) is 62.4 Å². The van der Waals surface area contributed by atoms with E-state index in [0.717, 1.165) is 59.2 Å². The van der Waals surface area contributed by atoms with E-state index in [1.54, 1.807) is 57.2 Å². The number of nitrogens with two attached hydrogens (primary N) is 4. The normalized spacial score (nSPS) is 15.4. The van der Waals surface area contributed by atoms with E-state index in [0.29, 0.717) is 104 Å². The van der Waals surface area contributed by atoms with Gasteiger partial charge in [-0.2, -0.15) is 0 Å². The lowest BCUT2D eigenvalue weighted by atomic mass is 9.75. The first-order chi connectivity index (χ1) is 66.8. The van der Waals surface area contributed by atoms with Crippen LogP contribution in [0.2, 0.25) is 5.28 Å². The van der Waals surface area contributed by atoms with E-state index < -0.39 is 40.4 Å². The lowest BCUT2D eigenvalue weighted by Gasteiger charge is -2.32. The van der Waals surface area contributed by atoms with E-state index in [4.69, 9.17) is 96.3 Å². The number of carboxylic acids is 1. The third-order valence-electron chi connectivity index (χ3n) is 23.2. The van der Waals surface area contributed by atoms with Crippen molar-refractivity contribution in [2.24, 2.45) is 0 Å². The Morgan fingerprint density at radius 3 is 1.11 bits per heavy atom. The van der Waals surface area contributed by atoms with Gasteiger partial charge in [0.2, 0.25) is 11.2 Å². The Balaban J connectivity index is 0.000000178. The quantitative estimate of drug-likeness (QED) is 0.0177. The molecular formula is C98H122BClF6N18O17. The number of rotatable bonds is 22. The van der Waals surface area contributed by atoms with Crippen LogP contribution in [0.15, 0.2) is 103 Å². The molecule has 3 amide bonds. The monoisotopic (exact) mass is 1980 g/mol. The molecule has 0 unspecified atom stereocenters. The molecule has 141 heavy (non-hydrogen) atoms. The highest BCUT2D eigenvalue weighted by molar-refractivity contribution is 6.54. The third-order valence-corrected chi connectivity index (χ3v) is 23.4. The predicted molar refractivity (Wildman–Crippen MR) is 527 cm³/mol. The second-order valence-electron chi connectivity index (χ2n) is 35.5. The Bertz CT molecular complexity index is 6300. The van der Waals surface area contributed by atoms with Crippen molar-refractivity contribution in [2.75, 3.05) is 145 Å². The zero-order chi connectivity index (χ0) is 103. The van der Waals surface area contributed by atoms with E-state index in [-0.39, 0.29) is 170 Å². The van der Waals surface area contributed by atoms with Crippen LogP contribution in [0.1, 0.15) is 162 Å². The predicted octanol–water partition coefficient (Wildman–Crippen LogP) is 16.2. The Morgan fingerprint density at radius 2 is 0.801 bits per heavy atom. The number of fused-ring (bicyclic) bond motifs is 4. The second kappa shape index (κ2) is 48.1. The second-order valence-corrected chi connectivity index (χ2v) is 35.9. The molecule has 1 saturated heterocycles. The molecule has 5 aliphatic rings. The van der Waals surface area contributed by atoms with E-state index in [2.05, 4.69) is 55.8 Å². The molecule has 0 radical (unpaired) electrons. The van der Waals surface area contributed by atoms with Crippen molar-refractivity contribution in [3.8, 4) is 46.0 Å². The number of nitrogens with one attached hydrogen (secondary N) is 3. The molecule has 0 spiro atoms. The standard InChI is InChI=1S/C26H29F2N5O3.C20H25FN4O4.C16H28BNO4.C15H17FN4O2.C11H14FNO2.C10H9ClFN3O2/c1-4-30-19(15-5-7-17(27)8-6-15)14-21(34)33-11-9-16(10-12-33)26-31-23-18(25(29)32-26)13-20(35-2)24(36-3)22(23)28;1-20(2,3)29-19(26)25-8-6-11(7-9-25)18-23-15-12(17(22)24-18)10-13(27-4)16(28-5)14(15)21;1-14(2,3)20-13(19)18-10-8-12(9-11-18)17-21-15(4,5)16(6,7)22-17;1-21-10-7-9-12(11(16)13(10)22-2)19-15(20-14(9)17)8-3-5-18-6-4-8;1-2-13-10(7-11(14)15)8-3-5-9(12)6-4-8;1-16-5-3-4-7(6(12)8(5)17-2)14-10(11)15-9(4)13/h5-9,13,19,30H,4,10-12,14H2,1-3H3,(H2,29,31,32);6,10H,7-9H2,1-5H3,(H2,22,23,24);8H,9-11H2,1-7H3;3,7,18H,4-6H2,1-2H3,(H2,17,19,20);3-6,10,13H,2,7H2,1H3,(H,14,15);3H,1-2H3,(H2,13,14,15)/t19-;;;;10-;/m1...1./s1. The summed E-state index contributed by atoms with van der Waals surface area (Å²) in [5, 5.41) is 19.5. The molecule has 758 valence electrons. The number of aliphatic carboxylic acids is 1. The first-order valence-corrected chi connectivity index (χ1v) is 45.6. The van der Waals surface area contributed by atoms with Crippen LogP contribution >= 0.6 is 11.6 Å². The van der Waals surface area contributed by atoms with Gasteiger partial charge in [-0.3, -0.25) is 9.59 Å². The highest BCUT2D eigenvalue weighted by Gasteiger charge is 2.53. The fourth-order valence-corrected chi connectivity index (χ4v) is 15.4. The van der Waals surface area contributed by atoms with Crippen LogP contribution in [0.5, 0.6) is 46.0 Å². The molecule has 9 heterocycles. The molecule has 0 aliphatic carbocycles. The number of methoxy groups -OCH3 is 8. The first-order valence-electron chi connectivity index (χ1n) is 45.2. The largest absolute Gasteiger partial charge is 0.493 e. The van der Waals surface area contributed by atoms with Gasteiger partial charge in [-0.05, 0) is 208 Å². The van der Waals surface area contributed by atoms with Crippen LogP contribution in [0.4, 0.5) is 59.2 Å². The van der Waals surface area contributed by atoms with Crippen molar-refractivity contribution < 1.29 is 107 Å². The molecular weight excluding hydrogens is 1860 g/mol. The summed E-state index contributed by atoms with van der Waals surface area (Å²) < 4.78 is 148. The average Bonchev–Trinajstić information content (AvgIpc) is 1.69. The number of ether oxygens (including phenoxy) is 10. The Morgan fingerprint density at radius 1 is 0.468 bits per heavy atom. The van der Waals surface area contributed by atoms with Gasteiger partial charge in [0.1, 0.15) is 68.2 Å². The summed E-state index contributed by atoms with van der Waals surface area (Å²) in [5.74, 6) is -1.72. The number of anilines is 4. The molecule has 1 fully saturated rings. The van der Waals surface area contributed by atoms with Crippen LogP contribution in [-0.4, -0.2) is 236 Å². The van der Waals surface area contributed by atoms with E-state index >= 15 is 4.39 Å². The molecule has 15 rings (SSSR count). The number of amides is 3. The molecule has 43 heteroatoms. The van der Waals surface area contributed by atoms with Crippen molar-refractivity contribution in [3.63, 3.8) is 0 Å². The first kappa shape index (κ1) is 109. The Kier molecular flexibility index (Phi) is 37.3. The van der Waals surface area contributed by atoms with Crippen LogP contribution < -0.4 is 76.8 Å². The van der Waals surface area contributed by atoms with Gasteiger partial charge in [0, 0.05) is 85.9 Å². The van der Waals surface area contributed by atoms with Crippen LogP contribution in [-0.2, 0) is 28.4 Å². The summed E-state index contributed by atoms with van der Waals surface area (Å²) in [6, 6.07) is 17.8. The molecule has 2 atom stereocenters. The number of carboxylic acid groups (broad SMARTS) is 1. The summed E-state index contributed by atoms with van der Waals surface area (Å²) in [6.07, 6.45) is 9.81. The average molecular weight is 1980 g/mol. The number of hydrogen-bond donors (Lipinski definition) is 8. The fraction of sp³-hybridized carbons (Fsp3) is 0.429. The van der Waals surface area contributed by atoms with Crippen molar-refractivity contribution in [2.45, 2.75) is 156 Å². The number of aromatic nitrogens is 8. The molecule has 0 bridgehead atoms. The van der Waals surface area contributed by atoms with Gasteiger partial charge in [0.05, 0.1) is 74.5 Å². The maximum Gasteiger partial charge on any atom is 0.490 e. The minimum Gasteiger partial charge on any atom is -0.493 e. The molecule has 10 aromatic rings. The van der Waals surface area contributed by atoms with Gasteiger partial charge < -0.3 is 115 Å². The van der Waals surface area contributed by atoms with Crippen LogP contribution in [0, 0.1) is 34.9 Å². The van der Waals surface area contributed by atoms with Crippen molar-refractivity contribution in [1.82, 2.24) is 70.5 Å². The third kappa shape index (κ3) is 27.4. The molecule has 6 aromatic carbocycles. The molecule has 12 N–H and O–H groups in total. The van der Waals surface area contributed by atoms with Gasteiger partial charge in [0.25, 0.3) is 0 Å². The molecule has 35 nitrogen and oxygen atoms in total. The number of hydrogen-bond acceptors (Lipinski definition) is 31. The number of benzene rings is 6. The van der Waals surface area contributed by atoms with Crippen molar-refractivity contribution >= 4 is 126 Å². The minimum absolute atomic E-state index is 0.000139. The SMILES string of the molecule is CC(C)(C)OC(=O)N1CC=C(B2OC(C)(C)C(C)(C)O2)CC1.CCN[C@H](CC(=O)N1CC=C(c2nc(N)c3cc(OC)c(OC)c(F)c3n2)CC1)c1ccc(F)cc1.CCN[C@H](CC(=O)O)c1ccc(F)cc1.COc1cc2c(N)nc(C3=CCN(C(=O)OC(C)(C)C)CC3)nc2c(F)c1OC.COc1cc2c(N)nc(C3=CCNCC3)nc2c(F)c1OC.COc1cc2c(N)nc(Cl)nc2c(F)c1OC. The summed E-state index contributed by atoms with van der Waals surface area (Å²) in [4.78, 5) is 86.6. The zero-order valence-corrected chi connectivity index (χ0v) is 83.4. The van der Waals surface area contributed by atoms with Gasteiger partial charge in [-0.15, -0.1) is 0 Å². The number of carbonyl (C=O) groups excluding carboxylic acids is 3. The van der Waals surface area contributed by atoms with Crippen LogP contribution in [0.3, 0.4) is 0 Å². The van der Waals surface area contributed by atoms with Gasteiger partial charge in [-0.25, -0.2) is 75.8 Å². The molecule has 4 aromatic heterocycles. The van der Waals surface area contributed by atoms with E-state index in [9.17, 15) is 41.1 Å².